The third-order valence-corrected chi connectivity index (χ3v) is 6.15. The highest BCUT2D eigenvalue weighted by atomic mass is 32.1. The van der Waals surface area contributed by atoms with Gasteiger partial charge in [-0.2, -0.15) is 0 Å². The van der Waals surface area contributed by atoms with Crippen molar-refractivity contribution < 1.29 is 18.8 Å². The third kappa shape index (κ3) is 4.63. The highest BCUT2D eigenvalue weighted by Gasteiger charge is 2.28. The number of halogens is 1. The largest absolute Gasteiger partial charge is 0.366 e. The van der Waals surface area contributed by atoms with Gasteiger partial charge in [0.05, 0.1) is 16.0 Å². The minimum atomic E-state index is -0.772. The molecule has 1 aliphatic heterocycles. The lowest BCUT2D eigenvalue weighted by Crippen LogP contribution is -2.44. The predicted octanol–water partition coefficient (Wildman–Crippen LogP) is 2.40. The monoisotopic (exact) mass is 418 g/mol. The number of carbonyl (C=O) groups is 3. The lowest BCUT2D eigenvalue weighted by Gasteiger charge is -2.34. The van der Waals surface area contributed by atoms with Gasteiger partial charge < -0.3 is 20.9 Å². The van der Waals surface area contributed by atoms with Gasteiger partial charge in [-0.15, -0.1) is 11.3 Å². The van der Waals surface area contributed by atoms with E-state index < -0.39 is 17.6 Å². The van der Waals surface area contributed by atoms with E-state index in [-0.39, 0.29) is 28.1 Å². The topological polar surface area (TPSA) is 95.7 Å². The number of primary amides is 1. The molecule has 0 radical (unpaired) electrons. The number of likely N-dealkylation sites (tertiary alicyclic amines) is 1. The maximum atomic E-state index is 13.9. The quantitative estimate of drug-likeness (QED) is 0.779. The molecule has 9 heteroatoms. The number of thiophene rings is 1. The number of nitrogens with zero attached hydrogens (tertiary/aromatic N) is 2. The van der Waals surface area contributed by atoms with E-state index in [1.54, 1.807) is 11.9 Å². The normalized spacial score (nSPS) is 15.1. The number of amides is 3. The lowest BCUT2D eigenvalue weighted by molar-refractivity contribution is 0.0664. The molecule has 7 nitrogen and oxygen atoms in total. The molecule has 1 saturated heterocycles. The summed E-state index contributed by atoms with van der Waals surface area (Å²) in [6.07, 6.45) is 1.73. The van der Waals surface area contributed by atoms with Crippen molar-refractivity contribution in [1.82, 2.24) is 9.80 Å². The third-order valence-electron chi connectivity index (χ3n) is 5.11. The number of carbonyl (C=O) groups excluding carboxylic acids is 3. The average Bonchev–Trinajstić information content (AvgIpc) is 3.11. The minimum absolute atomic E-state index is 0.0276. The van der Waals surface area contributed by atoms with Crippen LogP contribution in [-0.4, -0.2) is 60.7 Å². The molecule has 1 fully saturated rings. The molecule has 0 spiro atoms. The van der Waals surface area contributed by atoms with Gasteiger partial charge >= 0.3 is 0 Å². The molecule has 3 rings (SSSR count). The molecule has 0 saturated carbocycles. The molecule has 0 aliphatic carbocycles. The molecule has 2 heterocycles. The van der Waals surface area contributed by atoms with Crippen LogP contribution >= 0.6 is 11.3 Å². The number of nitrogens with one attached hydrogen (secondary N) is 1. The minimum Gasteiger partial charge on any atom is -0.366 e. The van der Waals surface area contributed by atoms with Crippen molar-refractivity contribution in [3.05, 3.63) is 52.2 Å². The van der Waals surface area contributed by atoms with Crippen LogP contribution in [-0.2, 0) is 0 Å². The van der Waals surface area contributed by atoms with Gasteiger partial charge in [-0.25, -0.2) is 4.39 Å². The number of rotatable bonds is 5. The number of anilines is 1. The van der Waals surface area contributed by atoms with Crippen LogP contribution in [0.4, 0.5) is 9.39 Å². The van der Waals surface area contributed by atoms with Crippen molar-refractivity contribution in [2.24, 2.45) is 5.73 Å². The SMILES string of the molecule is CN1CCC(N(C)C(=O)c2cc(C(N)=O)c(NC(=O)c3ccccc3F)s2)CC1. The first kappa shape index (κ1) is 20.9. The molecular formula is C20H23FN4O3S. The Kier molecular flexibility index (Phi) is 6.29. The van der Waals surface area contributed by atoms with E-state index in [0.717, 1.165) is 37.3 Å². The molecule has 29 heavy (non-hydrogen) atoms. The van der Waals surface area contributed by atoms with Gasteiger partial charge in [-0.05, 0) is 51.2 Å². The fourth-order valence-corrected chi connectivity index (χ4v) is 4.35. The second-order valence-electron chi connectivity index (χ2n) is 7.10. The van der Waals surface area contributed by atoms with Crippen molar-refractivity contribution in [3.8, 4) is 0 Å². The zero-order chi connectivity index (χ0) is 21.1. The van der Waals surface area contributed by atoms with Gasteiger partial charge in [-0.3, -0.25) is 14.4 Å². The Balaban J connectivity index is 1.81. The molecule has 1 aromatic carbocycles. The first-order valence-electron chi connectivity index (χ1n) is 9.23. The van der Waals surface area contributed by atoms with Crippen molar-refractivity contribution in [2.75, 3.05) is 32.5 Å². The van der Waals surface area contributed by atoms with E-state index in [0.29, 0.717) is 4.88 Å². The summed E-state index contributed by atoms with van der Waals surface area (Å²) in [4.78, 5) is 41.3. The predicted molar refractivity (Wildman–Crippen MR) is 110 cm³/mol. The molecule has 1 aromatic heterocycles. The Bertz CT molecular complexity index is 938. The van der Waals surface area contributed by atoms with Crippen LogP contribution in [0, 0.1) is 5.82 Å². The zero-order valence-electron chi connectivity index (χ0n) is 16.3. The Morgan fingerprint density at radius 2 is 1.86 bits per heavy atom. The molecule has 0 atom stereocenters. The first-order valence-corrected chi connectivity index (χ1v) is 10.0. The molecule has 3 amide bonds. The Morgan fingerprint density at radius 1 is 1.21 bits per heavy atom. The summed E-state index contributed by atoms with van der Waals surface area (Å²) in [7, 11) is 3.78. The number of hydrogen-bond acceptors (Lipinski definition) is 5. The molecule has 0 bridgehead atoms. The molecule has 0 unspecified atom stereocenters. The summed E-state index contributed by atoms with van der Waals surface area (Å²) >= 11 is 0.961. The highest BCUT2D eigenvalue weighted by molar-refractivity contribution is 7.18. The number of benzene rings is 1. The fraction of sp³-hybridized carbons (Fsp3) is 0.350. The van der Waals surface area contributed by atoms with Gasteiger partial charge in [0.25, 0.3) is 17.7 Å². The van der Waals surface area contributed by atoms with E-state index in [4.69, 9.17) is 5.73 Å². The highest BCUT2D eigenvalue weighted by Crippen LogP contribution is 2.30. The molecule has 2 aromatic rings. The van der Waals surface area contributed by atoms with Gasteiger partial charge in [-0.1, -0.05) is 12.1 Å². The Hall–Kier alpha value is -2.78. The van der Waals surface area contributed by atoms with E-state index in [2.05, 4.69) is 10.2 Å². The van der Waals surface area contributed by atoms with Crippen LogP contribution in [0.15, 0.2) is 30.3 Å². The molecular weight excluding hydrogens is 395 g/mol. The number of hydrogen-bond donors (Lipinski definition) is 2. The van der Waals surface area contributed by atoms with Gasteiger partial charge in [0.2, 0.25) is 0 Å². The second kappa shape index (κ2) is 8.71. The molecule has 154 valence electrons. The molecule has 1 aliphatic rings. The maximum absolute atomic E-state index is 13.9. The summed E-state index contributed by atoms with van der Waals surface area (Å²) in [6.45, 7) is 1.81. The van der Waals surface area contributed by atoms with Crippen molar-refractivity contribution in [1.29, 1.82) is 0 Å². The molecule has 3 N–H and O–H groups in total. The van der Waals surface area contributed by atoms with Crippen LogP contribution in [0.25, 0.3) is 0 Å². The van der Waals surface area contributed by atoms with Crippen molar-refractivity contribution in [3.63, 3.8) is 0 Å². The van der Waals surface area contributed by atoms with Crippen LogP contribution in [0.3, 0.4) is 0 Å². The summed E-state index contributed by atoms with van der Waals surface area (Å²) in [5.41, 5.74) is 5.29. The number of nitrogens with two attached hydrogens (primary N) is 1. The van der Waals surface area contributed by atoms with E-state index in [1.165, 1.54) is 30.3 Å². The van der Waals surface area contributed by atoms with Crippen LogP contribution in [0.2, 0.25) is 0 Å². The van der Waals surface area contributed by atoms with E-state index >= 15 is 0 Å². The van der Waals surface area contributed by atoms with E-state index in [1.807, 2.05) is 7.05 Å². The zero-order valence-corrected chi connectivity index (χ0v) is 17.1. The number of piperidine rings is 1. The van der Waals surface area contributed by atoms with Crippen molar-refractivity contribution in [2.45, 2.75) is 18.9 Å². The van der Waals surface area contributed by atoms with Crippen LogP contribution in [0.5, 0.6) is 0 Å². The first-order chi connectivity index (χ1) is 13.8. The average molecular weight is 418 g/mol. The van der Waals surface area contributed by atoms with Gasteiger partial charge in [0.1, 0.15) is 10.8 Å². The van der Waals surface area contributed by atoms with E-state index in [9.17, 15) is 18.8 Å². The van der Waals surface area contributed by atoms with Crippen molar-refractivity contribution >= 4 is 34.1 Å². The summed E-state index contributed by atoms with van der Waals surface area (Å²) in [5.74, 6) is -2.40. The fourth-order valence-electron chi connectivity index (χ4n) is 3.31. The maximum Gasteiger partial charge on any atom is 0.264 e. The standard InChI is InChI=1S/C20H23FN4O3S/c1-24-9-7-12(8-10-24)25(2)20(28)16-11-14(17(22)26)19(29-16)23-18(27)13-5-3-4-6-15(13)21/h3-6,11-12H,7-10H2,1-2H3,(H2,22,26)(H,23,27). The van der Waals surface area contributed by atoms with Gasteiger partial charge in [0, 0.05) is 13.1 Å². The van der Waals surface area contributed by atoms with Crippen LogP contribution < -0.4 is 11.1 Å². The summed E-state index contributed by atoms with van der Waals surface area (Å²) in [6, 6.07) is 7.01. The summed E-state index contributed by atoms with van der Waals surface area (Å²) in [5, 5.41) is 2.64. The second-order valence-corrected chi connectivity index (χ2v) is 8.15. The lowest BCUT2D eigenvalue weighted by atomic mass is 10.0. The van der Waals surface area contributed by atoms with Gasteiger partial charge in [0.15, 0.2) is 0 Å². The summed E-state index contributed by atoms with van der Waals surface area (Å²) < 4.78 is 13.9. The smallest absolute Gasteiger partial charge is 0.264 e. The Morgan fingerprint density at radius 3 is 2.48 bits per heavy atom. The van der Waals surface area contributed by atoms with Crippen LogP contribution in [0.1, 0.15) is 43.2 Å². The Labute approximate surface area is 172 Å².